The molecule has 4 nitrogen and oxygen atoms in total. The van der Waals surface area contributed by atoms with Gasteiger partial charge in [-0.15, -0.1) is 0 Å². The van der Waals surface area contributed by atoms with E-state index in [0.717, 1.165) is 24.0 Å². The SMILES string of the molecule is O=C(O)C1(C(=O)NC2CCc3cc(Cl)ccc32)CC1. The molecule has 1 saturated carbocycles. The van der Waals surface area contributed by atoms with Gasteiger partial charge in [-0.05, 0) is 48.9 Å². The number of carboxylic acid groups (broad SMARTS) is 1. The number of hydrogen-bond donors (Lipinski definition) is 2. The first-order valence-corrected chi connectivity index (χ1v) is 6.73. The third-order valence-corrected chi connectivity index (χ3v) is 4.32. The smallest absolute Gasteiger partial charge is 0.319 e. The zero-order chi connectivity index (χ0) is 13.6. The van der Waals surface area contributed by atoms with Crippen LogP contribution in [0.2, 0.25) is 5.02 Å². The fourth-order valence-electron chi connectivity index (χ4n) is 2.70. The predicted octanol–water partition coefficient (Wildman–Crippen LogP) is 2.31. The maximum absolute atomic E-state index is 12.1. The number of nitrogens with one attached hydrogen (secondary N) is 1. The molecular weight excluding hydrogens is 266 g/mol. The van der Waals surface area contributed by atoms with Crippen LogP contribution in [0.4, 0.5) is 0 Å². The highest BCUT2D eigenvalue weighted by molar-refractivity contribution is 6.30. The Morgan fingerprint density at radius 2 is 2.11 bits per heavy atom. The molecule has 2 aliphatic rings. The second-order valence-electron chi connectivity index (χ2n) is 5.30. The van der Waals surface area contributed by atoms with Gasteiger partial charge in [0.15, 0.2) is 0 Å². The van der Waals surface area contributed by atoms with Crippen LogP contribution in [0.5, 0.6) is 0 Å². The van der Waals surface area contributed by atoms with Crippen LogP contribution in [0.1, 0.15) is 36.4 Å². The van der Waals surface area contributed by atoms with Crippen molar-refractivity contribution in [3.63, 3.8) is 0 Å². The molecule has 1 fully saturated rings. The molecule has 1 atom stereocenters. The number of benzene rings is 1. The van der Waals surface area contributed by atoms with Crippen molar-refractivity contribution >= 4 is 23.5 Å². The molecule has 0 radical (unpaired) electrons. The summed E-state index contributed by atoms with van der Waals surface area (Å²) in [5.74, 6) is -1.37. The zero-order valence-corrected chi connectivity index (χ0v) is 11.0. The summed E-state index contributed by atoms with van der Waals surface area (Å²) in [6.45, 7) is 0. The number of hydrogen-bond acceptors (Lipinski definition) is 2. The van der Waals surface area contributed by atoms with Crippen LogP contribution < -0.4 is 5.32 Å². The van der Waals surface area contributed by atoms with E-state index in [1.807, 2.05) is 12.1 Å². The fourth-order valence-corrected chi connectivity index (χ4v) is 2.89. The molecule has 0 bridgehead atoms. The van der Waals surface area contributed by atoms with Gasteiger partial charge in [0.25, 0.3) is 0 Å². The molecule has 100 valence electrons. The Morgan fingerprint density at radius 3 is 2.74 bits per heavy atom. The maximum atomic E-state index is 12.1. The van der Waals surface area contributed by atoms with Crippen molar-refractivity contribution in [2.24, 2.45) is 5.41 Å². The van der Waals surface area contributed by atoms with Crippen LogP contribution >= 0.6 is 11.6 Å². The van der Waals surface area contributed by atoms with Crippen LogP contribution in [-0.4, -0.2) is 17.0 Å². The Bertz CT molecular complexity index is 566. The van der Waals surface area contributed by atoms with Gasteiger partial charge in [0.2, 0.25) is 5.91 Å². The van der Waals surface area contributed by atoms with E-state index < -0.39 is 11.4 Å². The lowest BCUT2D eigenvalue weighted by Gasteiger charge is -2.17. The van der Waals surface area contributed by atoms with Crippen LogP contribution in [-0.2, 0) is 16.0 Å². The first-order valence-electron chi connectivity index (χ1n) is 6.36. The lowest BCUT2D eigenvalue weighted by atomic mass is 10.0. The van der Waals surface area contributed by atoms with Gasteiger partial charge in [-0.3, -0.25) is 9.59 Å². The van der Waals surface area contributed by atoms with Crippen molar-refractivity contribution in [1.82, 2.24) is 5.32 Å². The van der Waals surface area contributed by atoms with Gasteiger partial charge in [0, 0.05) is 5.02 Å². The molecule has 0 aromatic heterocycles. The standard InChI is InChI=1S/C14H14ClNO3/c15-9-2-3-10-8(7-9)1-4-11(10)16-12(17)14(5-6-14)13(18)19/h2-3,7,11H,1,4-6H2,(H,16,17)(H,18,19). The first kappa shape index (κ1) is 12.5. The van der Waals surface area contributed by atoms with Gasteiger partial charge in [0.1, 0.15) is 5.41 Å². The van der Waals surface area contributed by atoms with E-state index in [1.165, 1.54) is 0 Å². The Balaban J connectivity index is 1.77. The first-order chi connectivity index (χ1) is 9.03. The molecule has 1 aromatic rings. The highest BCUT2D eigenvalue weighted by atomic mass is 35.5. The van der Waals surface area contributed by atoms with Crippen molar-refractivity contribution in [2.45, 2.75) is 31.7 Å². The average Bonchev–Trinajstić information content (AvgIpc) is 3.09. The summed E-state index contributed by atoms with van der Waals surface area (Å²) in [4.78, 5) is 23.2. The molecule has 2 aliphatic carbocycles. The van der Waals surface area contributed by atoms with Gasteiger partial charge < -0.3 is 10.4 Å². The normalized spacial score (nSPS) is 22.7. The van der Waals surface area contributed by atoms with Crippen LogP contribution in [0.3, 0.4) is 0 Å². The van der Waals surface area contributed by atoms with Gasteiger partial charge in [-0.2, -0.15) is 0 Å². The summed E-state index contributed by atoms with van der Waals surface area (Å²) < 4.78 is 0. The summed E-state index contributed by atoms with van der Waals surface area (Å²) in [6, 6.07) is 5.54. The van der Waals surface area contributed by atoms with Gasteiger partial charge >= 0.3 is 5.97 Å². The topological polar surface area (TPSA) is 66.4 Å². The number of halogens is 1. The highest BCUT2D eigenvalue weighted by Gasteiger charge is 2.57. The molecule has 3 rings (SSSR count). The number of aryl methyl sites for hydroxylation is 1. The van der Waals surface area contributed by atoms with Crippen molar-refractivity contribution in [3.05, 3.63) is 34.3 Å². The third kappa shape index (κ3) is 2.00. The maximum Gasteiger partial charge on any atom is 0.319 e. The molecule has 5 heteroatoms. The largest absolute Gasteiger partial charge is 0.480 e. The summed E-state index contributed by atoms with van der Waals surface area (Å²) >= 11 is 5.94. The van der Waals surface area contributed by atoms with Gasteiger partial charge in [-0.25, -0.2) is 0 Å². The third-order valence-electron chi connectivity index (χ3n) is 4.08. The lowest BCUT2D eigenvalue weighted by Crippen LogP contribution is -2.38. The van der Waals surface area contributed by atoms with Crippen molar-refractivity contribution in [2.75, 3.05) is 0 Å². The number of carbonyl (C=O) groups is 2. The Hall–Kier alpha value is -1.55. The number of aliphatic carboxylic acids is 1. The summed E-state index contributed by atoms with van der Waals surface area (Å²) in [7, 11) is 0. The van der Waals surface area contributed by atoms with E-state index in [2.05, 4.69) is 5.32 Å². The number of carboxylic acids is 1. The summed E-state index contributed by atoms with van der Waals surface area (Å²) in [5, 5.41) is 12.7. The van der Waals surface area contributed by atoms with Gasteiger partial charge in [0.05, 0.1) is 6.04 Å². The molecule has 1 aromatic carbocycles. The van der Waals surface area contributed by atoms with Crippen molar-refractivity contribution < 1.29 is 14.7 Å². The molecule has 1 amide bonds. The predicted molar refractivity (Wildman–Crippen MR) is 70.0 cm³/mol. The second kappa shape index (κ2) is 4.23. The van der Waals surface area contributed by atoms with E-state index in [-0.39, 0.29) is 11.9 Å². The number of carbonyl (C=O) groups excluding carboxylic acids is 1. The number of rotatable bonds is 3. The molecule has 0 heterocycles. The Kier molecular flexibility index (Phi) is 2.78. The molecule has 0 saturated heterocycles. The monoisotopic (exact) mass is 279 g/mol. The Morgan fingerprint density at radius 1 is 1.37 bits per heavy atom. The minimum Gasteiger partial charge on any atom is -0.480 e. The van der Waals surface area contributed by atoms with Crippen LogP contribution in [0, 0.1) is 5.41 Å². The summed E-state index contributed by atoms with van der Waals surface area (Å²) in [6.07, 6.45) is 2.54. The van der Waals surface area contributed by atoms with Crippen molar-refractivity contribution in [1.29, 1.82) is 0 Å². The second-order valence-corrected chi connectivity index (χ2v) is 5.73. The van der Waals surface area contributed by atoms with E-state index in [4.69, 9.17) is 16.7 Å². The van der Waals surface area contributed by atoms with Gasteiger partial charge in [-0.1, -0.05) is 17.7 Å². The molecule has 1 unspecified atom stereocenters. The molecule has 0 spiro atoms. The van der Waals surface area contributed by atoms with E-state index >= 15 is 0 Å². The molecule has 2 N–H and O–H groups in total. The lowest BCUT2D eigenvalue weighted by molar-refractivity contribution is -0.149. The van der Waals surface area contributed by atoms with Crippen LogP contribution in [0.15, 0.2) is 18.2 Å². The summed E-state index contributed by atoms with van der Waals surface area (Å²) in [5.41, 5.74) is 1.02. The zero-order valence-electron chi connectivity index (χ0n) is 10.3. The Labute approximate surface area is 115 Å². The number of amides is 1. The molecular formula is C14H14ClNO3. The van der Waals surface area contributed by atoms with E-state index in [0.29, 0.717) is 17.9 Å². The fraction of sp³-hybridized carbons (Fsp3) is 0.429. The quantitative estimate of drug-likeness (QED) is 0.835. The van der Waals surface area contributed by atoms with E-state index in [9.17, 15) is 9.59 Å². The molecule has 19 heavy (non-hydrogen) atoms. The minimum absolute atomic E-state index is 0.0865. The average molecular weight is 280 g/mol. The minimum atomic E-state index is -1.17. The van der Waals surface area contributed by atoms with Crippen LogP contribution in [0.25, 0.3) is 0 Å². The van der Waals surface area contributed by atoms with E-state index in [1.54, 1.807) is 6.07 Å². The molecule has 0 aliphatic heterocycles. The number of fused-ring (bicyclic) bond motifs is 1. The van der Waals surface area contributed by atoms with Crippen molar-refractivity contribution in [3.8, 4) is 0 Å². The highest BCUT2D eigenvalue weighted by Crippen LogP contribution is 2.47.